The van der Waals surface area contributed by atoms with Crippen LogP contribution in [-0.2, 0) is 14.3 Å². The van der Waals surface area contributed by atoms with Gasteiger partial charge in [0.25, 0.3) is 5.91 Å². The molecule has 1 N–H and O–H groups in total. The van der Waals surface area contributed by atoms with Crippen LogP contribution in [0.15, 0.2) is 18.2 Å². The number of esters is 1. The van der Waals surface area contributed by atoms with Crippen LogP contribution < -0.4 is 10.1 Å². The number of hydrogen-bond acceptors (Lipinski definition) is 5. The molecule has 0 heterocycles. The summed E-state index contributed by atoms with van der Waals surface area (Å²) >= 11 is 0. The number of carbonyl (C=O) groups excluding carboxylic acids is 2. The van der Waals surface area contributed by atoms with E-state index in [2.05, 4.69) is 25.2 Å². The van der Waals surface area contributed by atoms with E-state index in [1.54, 1.807) is 0 Å². The lowest BCUT2D eigenvalue weighted by molar-refractivity contribution is -0.150. The highest BCUT2D eigenvalue weighted by molar-refractivity contribution is 5.81. The highest BCUT2D eigenvalue weighted by Gasteiger charge is 2.33. The molecule has 0 bridgehead atoms. The van der Waals surface area contributed by atoms with Crippen molar-refractivity contribution in [3.05, 3.63) is 29.3 Å². The molecule has 0 aromatic heterocycles. The molecule has 1 fully saturated rings. The van der Waals surface area contributed by atoms with Crippen LogP contribution in [0.1, 0.15) is 63.0 Å². The number of amides is 1. The summed E-state index contributed by atoms with van der Waals surface area (Å²) in [6.07, 6.45) is 4.17. The minimum absolute atomic E-state index is 0.265. The van der Waals surface area contributed by atoms with Crippen molar-refractivity contribution in [3.63, 3.8) is 0 Å². The van der Waals surface area contributed by atoms with Crippen LogP contribution in [-0.4, -0.2) is 30.6 Å². The first kappa shape index (κ1) is 20.8. The Balaban J connectivity index is 1.80. The van der Waals surface area contributed by atoms with E-state index in [4.69, 9.17) is 9.47 Å². The Morgan fingerprint density at radius 2 is 1.93 bits per heavy atom. The van der Waals surface area contributed by atoms with Crippen molar-refractivity contribution in [2.45, 2.75) is 64.3 Å². The van der Waals surface area contributed by atoms with Gasteiger partial charge in [0.15, 0.2) is 13.2 Å². The molecule has 0 atom stereocenters. The number of nitrogens with zero attached hydrogens (tertiary/aromatic N) is 1. The summed E-state index contributed by atoms with van der Waals surface area (Å²) in [5.74, 6) is -0.0805. The zero-order chi connectivity index (χ0) is 19.9. The van der Waals surface area contributed by atoms with E-state index in [9.17, 15) is 14.9 Å². The van der Waals surface area contributed by atoms with Gasteiger partial charge in [-0.3, -0.25) is 4.79 Å². The number of ether oxygens (including phenoxy) is 2. The first-order valence-corrected chi connectivity index (χ1v) is 9.46. The van der Waals surface area contributed by atoms with E-state index in [0.717, 1.165) is 30.4 Å². The number of rotatable bonds is 7. The summed E-state index contributed by atoms with van der Waals surface area (Å²) in [5, 5.41) is 12.1. The van der Waals surface area contributed by atoms with Crippen LogP contribution in [0.4, 0.5) is 0 Å². The van der Waals surface area contributed by atoms with Gasteiger partial charge in [-0.1, -0.05) is 45.2 Å². The minimum atomic E-state index is -0.827. The number of carbonyl (C=O) groups is 2. The molecule has 1 amide bonds. The van der Waals surface area contributed by atoms with E-state index in [1.165, 1.54) is 0 Å². The normalized spacial score (nSPS) is 15.7. The molecule has 146 valence electrons. The fourth-order valence-electron chi connectivity index (χ4n) is 3.18. The van der Waals surface area contributed by atoms with Gasteiger partial charge in [-0.15, -0.1) is 0 Å². The molecule has 27 heavy (non-hydrogen) atoms. The van der Waals surface area contributed by atoms with Crippen LogP contribution in [0, 0.1) is 18.3 Å². The number of aryl methyl sites for hydroxylation is 1. The van der Waals surface area contributed by atoms with Crippen molar-refractivity contribution in [1.82, 2.24) is 5.32 Å². The highest BCUT2D eigenvalue weighted by atomic mass is 16.6. The zero-order valence-electron chi connectivity index (χ0n) is 16.3. The summed E-state index contributed by atoms with van der Waals surface area (Å²) in [6.45, 7) is 5.41. The Morgan fingerprint density at radius 1 is 1.22 bits per heavy atom. The minimum Gasteiger partial charge on any atom is -0.482 e. The lowest BCUT2D eigenvalue weighted by atomic mass is 9.83. The van der Waals surface area contributed by atoms with Gasteiger partial charge in [0, 0.05) is 0 Å². The van der Waals surface area contributed by atoms with Gasteiger partial charge in [0.1, 0.15) is 11.3 Å². The molecular weight excluding hydrogens is 344 g/mol. The molecular formula is C21H28N2O4. The number of benzene rings is 1. The number of nitriles is 1. The first-order chi connectivity index (χ1) is 12.8. The second-order valence-electron chi connectivity index (χ2n) is 7.43. The van der Waals surface area contributed by atoms with E-state index >= 15 is 0 Å². The molecule has 0 spiro atoms. The second kappa shape index (κ2) is 9.40. The Hall–Kier alpha value is -2.55. The average molecular weight is 372 g/mol. The van der Waals surface area contributed by atoms with Crippen LogP contribution in [0.3, 0.4) is 0 Å². The predicted octanol–water partition coefficient (Wildman–Crippen LogP) is 3.38. The molecule has 0 saturated heterocycles. The molecule has 6 heteroatoms. The van der Waals surface area contributed by atoms with E-state index < -0.39 is 24.0 Å². The summed E-state index contributed by atoms with van der Waals surface area (Å²) in [6, 6.07) is 8.11. The second-order valence-corrected chi connectivity index (χ2v) is 7.43. The molecule has 1 aromatic carbocycles. The summed E-state index contributed by atoms with van der Waals surface area (Å²) < 4.78 is 10.5. The van der Waals surface area contributed by atoms with Gasteiger partial charge in [0.2, 0.25) is 0 Å². The fraction of sp³-hybridized carbons (Fsp3) is 0.571. The van der Waals surface area contributed by atoms with Gasteiger partial charge >= 0.3 is 5.97 Å². The van der Waals surface area contributed by atoms with Gasteiger partial charge in [-0.2, -0.15) is 5.26 Å². The number of hydrogen-bond donors (Lipinski definition) is 1. The van der Waals surface area contributed by atoms with E-state index in [0.29, 0.717) is 24.5 Å². The van der Waals surface area contributed by atoms with Gasteiger partial charge in [-0.25, -0.2) is 4.79 Å². The van der Waals surface area contributed by atoms with Crippen molar-refractivity contribution in [3.8, 4) is 11.8 Å². The Morgan fingerprint density at radius 3 is 2.56 bits per heavy atom. The van der Waals surface area contributed by atoms with Crippen molar-refractivity contribution in [1.29, 1.82) is 5.26 Å². The maximum absolute atomic E-state index is 12.0. The molecule has 0 radical (unpaired) electrons. The van der Waals surface area contributed by atoms with Crippen LogP contribution in [0.25, 0.3) is 0 Å². The van der Waals surface area contributed by atoms with Gasteiger partial charge in [0.05, 0.1) is 6.07 Å². The molecule has 1 aromatic rings. The number of nitrogens with one attached hydrogen (secondary N) is 1. The maximum Gasteiger partial charge on any atom is 0.344 e. The lowest BCUT2D eigenvalue weighted by Crippen LogP contribution is -2.50. The summed E-state index contributed by atoms with van der Waals surface area (Å²) in [5.41, 5.74) is 1.22. The Kier molecular flexibility index (Phi) is 7.23. The van der Waals surface area contributed by atoms with Crippen LogP contribution in [0.5, 0.6) is 5.75 Å². The van der Waals surface area contributed by atoms with Crippen LogP contribution in [0.2, 0.25) is 0 Å². The summed E-state index contributed by atoms with van der Waals surface area (Å²) in [4.78, 5) is 23.9. The largest absolute Gasteiger partial charge is 0.482 e. The molecule has 2 rings (SSSR count). The van der Waals surface area contributed by atoms with E-state index in [1.807, 2.05) is 25.1 Å². The third-order valence-electron chi connectivity index (χ3n) is 4.89. The fourth-order valence-corrected chi connectivity index (χ4v) is 3.18. The van der Waals surface area contributed by atoms with Gasteiger partial charge < -0.3 is 14.8 Å². The quantitative estimate of drug-likeness (QED) is 0.741. The summed E-state index contributed by atoms with van der Waals surface area (Å²) in [7, 11) is 0. The molecule has 0 aliphatic heterocycles. The van der Waals surface area contributed by atoms with Crippen molar-refractivity contribution in [2.75, 3.05) is 13.2 Å². The molecule has 1 aliphatic rings. The van der Waals surface area contributed by atoms with Crippen molar-refractivity contribution >= 4 is 11.9 Å². The van der Waals surface area contributed by atoms with Gasteiger partial charge in [-0.05, 0) is 42.9 Å². The first-order valence-electron chi connectivity index (χ1n) is 9.46. The average Bonchev–Trinajstić information content (AvgIpc) is 2.66. The topological polar surface area (TPSA) is 88.4 Å². The third-order valence-corrected chi connectivity index (χ3v) is 4.89. The monoisotopic (exact) mass is 372 g/mol. The zero-order valence-corrected chi connectivity index (χ0v) is 16.3. The smallest absolute Gasteiger partial charge is 0.344 e. The van der Waals surface area contributed by atoms with E-state index in [-0.39, 0.29) is 6.61 Å². The standard InChI is InChI=1S/C21H28N2O4/c1-15(2)17-8-7-16(3)18(11-17)26-13-20(25)27-12-19(24)23-21(14-22)9-5-4-6-10-21/h7-8,11,15H,4-6,9-10,12-13H2,1-3H3,(H,23,24). The molecule has 0 unspecified atom stereocenters. The molecule has 1 aliphatic carbocycles. The van der Waals surface area contributed by atoms with Crippen molar-refractivity contribution in [2.24, 2.45) is 0 Å². The molecule has 6 nitrogen and oxygen atoms in total. The SMILES string of the molecule is Cc1ccc(C(C)C)cc1OCC(=O)OCC(=O)NC1(C#N)CCCCC1. The highest BCUT2D eigenvalue weighted by Crippen LogP contribution is 2.27. The Bertz CT molecular complexity index is 715. The Labute approximate surface area is 160 Å². The molecule has 1 saturated carbocycles. The predicted molar refractivity (Wildman–Crippen MR) is 101 cm³/mol. The maximum atomic E-state index is 12.0. The van der Waals surface area contributed by atoms with Crippen LogP contribution >= 0.6 is 0 Å². The third kappa shape index (κ3) is 5.99. The lowest BCUT2D eigenvalue weighted by Gasteiger charge is -2.31. The van der Waals surface area contributed by atoms with Crippen molar-refractivity contribution < 1.29 is 19.1 Å².